The lowest BCUT2D eigenvalue weighted by Crippen LogP contribution is -2.51. The molecule has 0 radical (unpaired) electrons. The fourth-order valence-electron chi connectivity index (χ4n) is 5.06. The van der Waals surface area contributed by atoms with Gasteiger partial charge in [0, 0.05) is 47.9 Å². The van der Waals surface area contributed by atoms with E-state index in [-0.39, 0.29) is 28.2 Å². The molecular formula is C26H31F5N4O3S. The molecular weight excluding hydrogens is 543 g/mol. The molecule has 2 heterocycles. The number of ether oxygens (including phenoxy) is 1. The molecule has 5 N–H and O–H groups in total. The first-order valence-corrected chi connectivity index (χ1v) is 14.2. The number of ketones is 1. The van der Waals surface area contributed by atoms with Gasteiger partial charge in [-0.1, -0.05) is 0 Å². The Bertz CT molecular complexity index is 1270. The molecule has 0 spiro atoms. The zero-order chi connectivity index (χ0) is 28.5. The fourth-order valence-corrected chi connectivity index (χ4v) is 6.32. The first kappa shape index (κ1) is 29.2. The first-order valence-electron chi connectivity index (χ1n) is 12.4. The van der Waals surface area contributed by atoms with Crippen LogP contribution in [0.15, 0.2) is 64.6 Å². The van der Waals surface area contributed by atoms with Crippen LogP contribution in [0, 0.1) is 11.8 Å². The lowest BCUT2D eigenvalue weighted by molar-refractivity contribution is -0.137. The number of rotatable bonds is 8. The Morgan fingerprint density at radius 1 is 1.21 bits per heavy atom. The number of carbonyl (C=O) groups excluding carboxylic acids is 1. The van der Waals surface area contributed by atoms with Gasteiger partial charge in [-0.15, -0.1) is 0 Å². The lowest BCUT2D eigenvalue weighted by Gasteiger charge is -2.33. The smallest absolute Gasteiger partial charge is 0.381 e. The van der Waals surface area contributed by atoms with Gasteiger partial charge in [-0.05, 0) is 62.1 Å². The van der Waals surface area contributed by atoms with Gasteiger partial charge in [-0.25, -0.2) is 13.0 Å². The van der Waals surface area contributed by atoms with Crippen molar-refractivity contribution in [1.29, 1.82) is 0 Å². The second-order valence-corrected chi connectivity index (χ2v) is 11.9. The van der Waals surface area contributed by atoms with Crippen molar-refractivity contribution < 1.29 is 35.7 Å². The van der Waals surface area contributed by atoms with E-state index in [0.717, 1.165) is 49.3 Å². The van der Waals surface area contributed by atoms with Gasteiger partial charge in [-0.2, -0.15) is 13.2 Å². The number of hydrogen-bond donors (Lipinski definition) is 4. The molecule has 0 bridgehead atoms. The van der Waals surface area contributed by atoms with E-state index in [0.29, 0.717) is 13.2 Å². The molecule has 7 nitrogen and oxygen atoms in total. The topological polar surface area (TPSA) is 105 Å². The van der Waals surface area contributed by atoms with E-state index in [1.165, 1.54) is 6.20 Å². The van der Waals surface area contributed by atoms with Crippen molar-refractivity contribution in [3.8, 4) is 0 Å². The molecule has 4 rings (SSSR count). The predicted molar refractivity (Wildman–Crippen MR) is 138 cm³/mol. The van der Waals surface area contributed by atoms with Gasteiger partial charge in [0.2, 0.25) is 0 Å². The third-order valence-electron chi connectivity index (χ3n) is 7.16. The van der Waals surface area contributed by atoms with Gasteiger partial charge >= 0.3 is 6.18 Å². The summed E-state index contributed by atoms with van der Waals surface area (Å²) in [6, 6.07) is 3.24. The Kier molecular flexibility index (Phi) is 8.55. The Morgan fingerprint density at radius 2 is 1.85 bits per heavy atom. The third kappa shape index (κ3) is 6.37. The SMILES string of the molecule is C=S(=O)(NC1=CC=C(F)C(C(=O)C2=CNC(N)C2C(C)NC2CCOCC2)C1F)c1ccc(C(F)(F)F)cc1. The third-order valence-corrected chi connectivity index (χ3v) is 8.76. The van der Waals surface area contributed by atoms with Gasteiger partial charge in [0.1, 0.15) is 11.7 Å². The van der Waals surface area contributed by atoms with Crippen LogP contribution in [0.4, 0.5) is 22.0 Å². The van der Waals surface area contributed by atoms with Crippen molar-refractivity contribution >= 4 is 21.4 Å². The second kappa shape index (κ2) is 11.4. The Hall–Kier alpha value is -2.74. The summed E-state index contributed by atoms with van der Waals surface area (Å²) in [6.45, 7) is 3.06. The van der Waals surface area contributed by atoms with Crippen LogP contribution in [0.2, 0.25) is 0 Å². The molecule has 0 saturated carbocycles. The van der Waals surface area contributed by atoms with Crippen molar-refractivity contribution in [2.24, 2.45) is 17.6 Å². The molecule has 1 saturated heterocycles. The number of nitrogens with two attached hydrogens (primary N) is 1. The highest BCUT2D eigenvalue weighted by molar-refractivity contribution is 7.98. The summed E-state index contributed by atoms with van der Waals surface area (Å²) in [7, 11) is -3.55. The summed E-state index contributed by atoms with van der Waals surface area (Å²) in [5.74, 6) is -0.780. The molecule has 1 aromatic carbocycles. The minimum absolute atomic E-state index is 0.122. The summed E-state index contributed by atoms with van der Waals surface area (Å²) in [5, 5.41) is 6.31. The van der Waals surface area contributed by atoms with E-state index < -0.39 is 57.2 Å². The normalized spacial score (nSPS) is 28.4. The summed E-state index contributed by atoms with van der Waals surface area (Å²) in [4.78, 5) is 13.4. The largest absolute Gasteiger partial charge is 0.416 e. The van der Waals surface area contributed by atoms with E-state index in [1.54, 1.807) is 0 Å². The van der Waals surface area contributed by atoms with E-state index in [9.17, 15) is 26.6 Å². The molecule has 1 fully saturated rings. The van der Waals surface area contributed by atoms with Crippen LogP contribution in [0.5, 0.6) is 0 Å². The Balaban J connectivity index is 1.50. The van der Waals surface area contributed by atoms with Crippen LogP contribution >= 0.6 is 0 Å². The number of carbonyl (C=O) groups is 1. The molecule has 6 unspecified atom stereocenters. The molecule has 1 aliphatic carbocycles. The monoisotopic (exact) mass is 574 g/mol. The second-order valence-electron chi connectivity index (χ2n) is 9.88. The summed E-state index contributed by atoms with van der Waals surface area (Å²) in [5.41, 5.74) is 5.00. The van der Waals surface area contributed by atoms with Crippen LogP contribution in [0.1, 0.15) is 25.3 Å². The number of hydrogen-bond acceptors (Lipinski definition) is 6. The van der Waals surface area contributed by atoms with Crippen molar-refractivity contribution in [3.05, 3.63) is 65.3 Å². The predicted octanol–water partition coefficient (Wildman–Crippen LogP) is 3.10. The molecule has 0 amide bonds. The lowest BCUT2D eigenvalue weighted by atomic mass is 9.81. The first-order chi connectivity index (χ1) is 18.3. The molecule has 2 aliphatic heterocycles. The molecule has 1 aromatic rings. The minimum atomic E-state index is -4.60. The van der Waals surface area contributed by atoms with E-state index in [1.807, 2.05) is 6.92 Å². The number of halogens is 5. The van der Waals surface area contributed by atoms with E-state index in [4.69, 9.17) is 10.5 Å². The van der Waals surface area contributed by atoms with Crippen molar-refractivity contribution in [2.45, 2.75) is 55.3 Å². The highest BCUT2D eigenvalue weighted by Crippen LogP contribution is 2.36. The molecule has 0 aromatic heterocycles. The summed E-state index contributed by atoms with van der Waals surface area (Å²) in [6.07, 6.45) is -2.68. The van der Waals surface area contributed by atoms with Crippen LogP contribution in [0.3, 0.4) is 0 Å². The summed E-state index contributed by atoms with van der Waals surface area (Å²) < 4.78 is 90.2. The minimum Gasteiger partial charge on any atom is -0.381 e. The van der Waals surface area contributed by atoms with Crippen LogP contribution in [-0.4, -0.2) is 53.5 Å². The number of nitrogens with one attached hydrogen (secondary N) is 3. The van der Waals surface area contributed by atoms with Crippen molar-refractivity contribution in [3.63, 3.8) is 0 Å². The molecule has 3 aliphatic rings. The quantitative estimate of drug-likeness (QED) is 0.281. The Labute approximate surface area is 223 Å². The number of Topliss-reactive ketones (excluding diaryl/α,β-unsaturated/α-hetero) is 1. The number of alkyl halides is 4. The van der Waals surface area contributed by atoms with Crippen LogP contribution in [0.25, 0.3) is 0 Å². The highest BCUT2D eigenvalue weighted by atomic mass is 32.2. The van der Waals surface area contributed by atoms with Crippen molar-refractivity contribution in [2.75, 3.05) is 13.2 Å². The summed E-state index contributed by atoms with van der Waals surface area (Å²) >= 11 is 0. The molecule has 39 heavy (non-hydrogen) atoms. The average Bonchev–Trinajstić information content (AvgIpc) is 3.27. The number of allylic oxidation sites excluding steroid dienone is 4. The Morgan fingerprint density at radius 3 is 2.46 bits per heavy atom. The standard InChI is InChI=1S/C26H31F5N4O3S/c1-14(34-16-9-11-38-12-10-16)21-18(13-33-25(21)32)24(36)22-19(27)7-8-20(23(22)28)35-39(2,37)17-5-3-15(4-6-17)26(29,30)31/h3-8,13-14,16,21-23,25,33-34H,2,9-12,32H2,1H3,(H,35,37). The van der Waals surface area contributed by atoms with E-state index in [2.05, 4.69) is 21.2 Å². The van der Waals surface area contributed by atoms with Gasteiger partial charge in [0.15, 0.2) is 12.0 Å². The van der Waals surface area contributed by atoms with Gasteiger partial charge in [0.25, 0.3) is 0 Å². The van der Waals surface area contributed by atoms with Gasteiger partial charge in [0.05, 0.1) is 27.1 Å². The maximum Gasteiger partial charge on any atom is 0.416 e. The zero-order valence-electron chi connectivity index (χ0n) is 21.1. The molecule has 13 heteroatoms. The van der Waals surface area contributed by atoms with Gasteiger partial charge < -0.3 is 25.8 Å². The molecule has 214 valence electrons. The number of benzene rings is 1. The maximum absolute atomic E-state index is 15.7. The zero-order valence-corrected chi connectivity index (χ0v) is 22.0. The molecule has 6 atom stereocenters. The van der Waals surface area contributed by atoms with Gasteiger partial charge in [-0.3, -0.25) is 4.79 Å². The maximum atomic E-state index is 15.7. The average molecular weight is 575 g/mol. The van der Waals surface area contributed by atoms with Crippen LogP contribution < -0.4 is 21.1 Å². The fraction of sp³-hybridized carbons (Fsp3) is 0.462. The van der Waals surface area contributed by atoms with E-state index >= 15 is 4.39 Å². The highest BCUT2D eigenvalue weighted by Gasteiger charge is 2.44. The van der Waals surface area contributed by atoms with Crippen LogP contribution in [-0.2, 0) is 25.4 Å². The van der Waals surface area contributed by atoms with Crippen molar-refractivity contribution in [1.82, 2.24) is 15.4 Å².